The first-order chi connectivity index (χ1) is 14.1. The van der Waals surface area contributed by atoms with Crippen molar-refractivity contribution in [1.82, 2.24) is 14.6 Å². The zero-order valence-electron chi connectivity index (χ0n) is 15.7. The van der Waals surface area contributed by atoms with Crippen molar-refractivity contribution in [2.24, 2.45) is 0 Å². The SMILES string of the molecule is CCOC(=O)Cc1cc(=O)n2[nH]c(-c3cccc(Br)c3)c(-c3ccccc3)c2n1. The molecule has 146 valence electrons. The Kier molecular flexibility index (Phi) is 5.31. The number of rotatable bonds is 5. The van der Waals surface area contributed by atoms with Crippen LogP contribution in [-0.4, -0.2) is 27.2 Å². The van der Waals surface area contributed by atoms with E-state index in [1.165, 1.54) is 10.6 Å². The molecule has 1 N–H and O–H groups in total. The Balaban J connectivity index is 1.97. The summed E-state index contributed by atoms with van der Waals surface area (Å²) in [7, 11) is 0. The largest absolute Gasteiger partial charge is 0.466 e. The normalized spacial score (nSPS) is 11.0. The van der Waals surface area contributed by atoms with Gasteiger partial charge < -0.3 is 4.74 Å². The van der Waals surface area contributed by atoms with Gasteiger partial charge in [-0.15, -0.1) is 0 Å². The predicted molar refractivity (Wildman–Crippen MR) is 115 cm³/mol. The zero-order valence-corrected chi connectivity index (χ0v) is 17.3. The number of aromatic nitrogens is 3. The predicted octanol–water partition coefficient (Wildman–Crippen LogP) is 4.22. The Morgan fingerprint density at radius 2 is 1.86 bits per heavy atom. The minimum Gasteiger partial charge on any atom is -0.466 e. The Hall–Kier alpha value is -3.19. The Labute approximate surface area is 175 Å². The summed E-state index contributed by atoms with van der Waals surface area (Å²) in [5.74, 6) is -0.409. The number of carbonyl (C=O) groups excluding carboxylic acids is 1. The average Bonchev–Trinajstić information content (AvgIpc) is 3.09. The molecule has 0 aliphatic heterocycles. The quantitative estimate of drug-likeness (QED) is 0.460. The molecular weight excluding hydrogens is 434 g/mol. The van der Waals surface area contributed by atoms with E-state index in [1.54, 1.807) is 6.92 Å². The van der Waals surface area contributed by atoms with E-state index in [0.717, 1.165) is 26.9 Å². The van der Waals surface area contributed by atoms with E-state index in [4.69, 9.17) is 4.74 Å². The number of H-pyrrole nitrogens is 1. The minimum atomic E-state index is -0.409. The maximum Gasteiger partial charge on any atom is 0.311 e. The molecule has 0 radical (unpaired) electrons. The summed E-state index contributed by atoms with van der Waals surface area (Å²) in [6.45, 7) is 2.03. The van der Waals surface area contributed by atoms with Gasteiger partial charge in [0.15, 0.2) is 5.65 Å². The Bertz CT molecular complexity index is 1250. The summed E-state index contributed by atoms with van der Waals surface area (Å²) in [4.78, 5) is 29.3. The van der Waals surface area contributed by atoms with Crippen LogP contribution in [0.5, 0.6) is 0 Å². The lowest BCUT2D eigenvalue weighted by molar-refractivity contribution is -0.142. The van der Waals surface area contributed by atoms with Gasteiger partial charge in [0, 0.05) is 16.1 Å². The molecule has 0 amide bonds. The number of halogens is 1. The lowest BCUT2D eigenvalue weighted by Gasteiger charge is -2.05. The second-order valence-corrected chi connectivity index (χ2v) is 7.38. The fraction of sp³-hybridized carbons (Fsp3) is 0.136. The van der Waals surface area contributed by atoms with Gasteiger partial charge in [-0.1, -0.05) is 58.4 Å². The van der Waals surface area contributed by atoms with Crippen LogP contribution in [0.15, 0.2) is 69.9 Å². The van der Waals surface area contributed by atoms with E-state index in [0.29, 0.717) is 11.3 Å². The number of esters is 1. The lowest BCUT2D eigenvalue weighted by Crippen LogP contribution is -2.18. The number of nitrogens with zero attached hydrogens (tertiary/aromatic N) is 2. The Morgan fingerprint density at radius 3 is 2.59 bits per heavy atom. The molecule has 0 aliphatic rings. The smallest absolute Gasteiger partial charge is 0.311 e. The van der Waals surface area contributed by atoms with Crippen LogP contribution in [0.3, 0.4) is 0 Å². The molecule has 7 heteroatoms. The van der Waals surface area contributed by atoms with E-state index < -0.39 is 5.97 Å². The monoisotopic (exact) mass is 451 g/mol. The molecule has 0 atom stereocenters. The summed E-state index contributed by atoms with van der Waals surface area (Å²) in [5, 5.41) is 3.18. The van der Waals surface area contributed by atoms with E-state index in [-0.39, 0.29) is 18.6 Å². The minimum absolute atomic E-state index is 0.0504. The van der Waals surface area contributed by atoms with Crippen LogP contribution in [0.2, 0.25) is 0 Å². The van der Waals surface area contributed by atoms with Crippen LogP contribution < -0.4 is 5.56 Å². The number of nitrogens with one attached hydrogen (secondary N) is 1. The first-order valence-corrected chi connectivity index (χ1v) is 9.97. The summed E-state index contributed by atoms with van der Waals surface area (Å²) in [6.07, 6.45) is -0.0504. The highest BCUT2D eigenvalue weighted by Crippen LogP contribution is 2.34. The zero-order chi connectivity index (χ0) is 20.4. The number of ether oxygens (including phenoxy) is 1. The lowest BCUT2D eigenvalue weighted by atomic mass is 10.0. The van der Waals surface area contributed by atoms with Crippen LogP contribution in [0.1, 0.15) is 12.6 Å². The van der Waals surface area contributed by atoms with E-state index >= 15 is 0 Å². The van der Waals surface area contributed by atoms with Crippen molar-refractivity contribution in [3.8, 4) is 22.4 Å². The van der Waals surface area contributed by atoms with Gasteiger partial charge in [-0.3, -0.25) is 14.7 Å². The van der Waals surface area contributed by atoms with Crippen molar-refractivity contribution in [1.29, 1.82) is 0 Å². The molecule has 0 bridgehead atoms. The molecule has 0 fully saturated rings. The number of carbonyl (C=O) groups is 1. The molecule has 0 saturated heterocycles. The van der Waals surface area contributed by atoms with Gasteiger partial charge in [0.1, 0.15) is 0 Å². The average molecular weight is 452 g/mol. The van der Waals surface area contributed by atoms with Crippen LogP contribution >= 0.6 is 15.9 Å². The maximum atomic E-state index is 12.8. The second-order valence-electron chi connectivity index (χ2n) is 6.46. The topological polar surface area (TPSA) is 76.5 Å². The summed E-state index contributed by atoms with van der Waals surface area (Å²) in [5.41, 5.74) is 3.97. The van der Waals surface area contributed by atoms with Crippen molar-refractivity contribution in [2.45, 2.75) is 13.3 Å². The second kappa shape index (κ2) is 8.05. The van der Waals surface area contributed by atoms with Gasteiger partial charge in [0.05, 0.1) is 30.0 Å². The van der Waals surface area contributed by atoms with Gasteiger partial charge in [-0.2, -0.15) is 0 Å². The number of hydrogen-bond acceptors (Lipinski definition) is 4. The Morgan fingerprint density at radius 1 is 1.10 bits per heavy atom. The van der Waals surface area contributed by atoms with E-state index in [9.17, 15) is 9.59 Å². The van der Waals surface area contributed by atoms with Crippen LogP contribution in [0.4, 0.5) is 0 Å². The molecule has 0 aliphatic carbocycles. The van der Waals surface area contributed by atoms with Crippen LogP contribution in [0, 0.1) is 0 Å². The van der Waals surface area contributed by atoms with E-state index in [2.05, 4.69) is 26.0 Å². The van der Waals surface area contributed by atoms with Crippen molar-refractivity contribution >= 4 is 27.5 Å². The molecule has 2 heterocycles. The van der Waals surface area contributed by atoms with Crippen molar-refractivity contribution in [3.05, 3.63) is 81.2 Å². The van der Waals surface area contributed by atoms with Crippen molar-refractivity contribution in [2.75, 3.05) is 6.61 Å². The third-order valence-electron chi connectivity index (χ3n) is 4.48. The van der Waals surface area contributed by atoms with Crippen LogP contribution in [-0.2, 0) is 16.0 Å². The van der Waals surface area contributed by atoms with Gasteiger partial charge in [-0.25, -0.2) is 9.50 Å². The highest BCUT2D eigenvalue weighted by Gasteiger charge is 2.19. The van der Waals surface area contributed by atoms with Crippen LogP contribution in [0.25, 0.3) is 28.0 Å². The van der Waals surface area contributed by atoms with Gasteiger partial charge >= 0.3 is 5.97 Å². The number of aromatic amines is 1. The third-order valence-corrected chi connectivity index (χ3v) is 4.97. The van der Waals surface area contributed by atoms with Crippen molar-refractivity contribution < 1.29 is 9.53 Å². The molecule has 0 saturated carbocycles. The highest BCUT2D eigenvalue weighted by molar-refractivity contribution is 9.10. The number of benzene rings is 2. The van der Waals surface area contributed by atoms with Gasteiger partial charge in [0.25, 0.3) is 5.56 Å². The summed E-state index contributed by atoms with van der Waals surface area (Å²) >= 11 is 3.50. The summed E-state index contributed by atoms with van der Waals surface area (Å²) in [6, 6.07) is 18.9. The molecule has 4 aromatic rings. The molecule has 6 nitrogen and oxygen atoms in total. The molecule has 4 rings (SSSR count). The third kappa shape index (κ3) is 3.86. The van der Waals surface area contributed by atoms with Gasteiger partial charge in [0.2, 0.25) is 0 Å². The first-order valence-electron chi connectivity index (χ1n) is 9.18. The summed E-state index contributed by atoms with van der Waals surface area (Å²) < 4.78 is 7.34. The molecule has 0 unspecified atom stereocenters. The fourth-order valence-electron chi connectivity index (χ4n) is 3.27. The van der Waals surface area contributed by atoms with Crippen molar-refractivity contribution in [3.63, 3.8) is 0 Å². The molecule has 2 aromatic heterocycles. The molecular formula is C22H18BrN3O3. The maximum absolute atomic E-state index is 12.8. The molecule has 2 aromatic carbocycles. The fourth-order valence-corrected chi connectivity index (χ4v) is 3.67. The number of hydrogen-bond donors (Lipinski definition) is 1. The molecule has 0 spiro atoms. The van der Waals surface area contributed by atoms with Gasteiger partial charge in [-0.05, 0) is 24.6 Å². The first kappa shape index (κ1) is 19.1. The molecule has 29 heavy (non-hydrogen) atoms. The standard InChI is InChI=1S/C22H18BrN3O3/c1-2-29-19(28)13-17-12-18(27)26-22(24-17)20(14-7-4-3-5-8-14)21(25-26)15-9-6-10-16(23)11-15/h3-12,25H,2,13H2,1H3. The van der Waals surface area contributed by atoms with E-state index in [1.807, 2.05) is 54.6 Å². The highest BCUT2D eigenvalue weighted by atomic mass is 79.9. The number of fused-ring (bicyclic) bond motifs is 1.